The highest BCUT2D eigenvalue weighted by Gasteiger charge is 2.13. The summed E-state index contributed by atoms with van der Waals surface area (Å²) in [5.74, 6) is 0.418. The third kappa shape index (κ3) is 3.60. The fraction of sp³-hybridized carbons (Fsp3) is 0.286. The molecule has 2 aromatic rings. The molecule has 0 saturated carbocycles. The minimum atomic E-state index is -0.322. The van der Waals surface area contributed by atoms with Crippen molar-refractivity contribution < 1.29 is 9.13 Å². The lowest BCUT2D eigenvalue weighted by atomic mass is 10.2. The van der Waals surface area contributed by atoms with Crippen molar-refractivity contribution >= 4 is 33.1 Å². The molecule has 112 valence electrons. The van der Waals surface area contributed by atoms with Crippen LogP contribution < -0.4 is 15.8 Å². The molecule has 3 N–H and O–H groups in total. The maximum absolute atomic E-state index is 13.4. The Balaban J connectivity index is 2.34. The topological polar surface area (TPSA) is 73.1 Å². The second kappa shape index (κ2) is 6.26. The van der Waals surface area contributed by atoms with E-state index in [1.165, 1.54) is 12.4 Å². The Hall–Kier alpha value is -1.89. The average Bonchev–Trinajstić information content (AvgIpc) is 2.40. The first-order valence-electron chi connectivity index (χ1n) is 6.38. The van der Waals surface area contributed by atoms with E-state index in [0.29, 0.717) is 27.5 Å². The minimum Gasteiger partial charge on any atom is -0.473 e. The molecule has 0 atom stereocenters. The highest BCUT2D eigenvalue weighted by Crippen LogP contribution is 2.31. The molecule has 0 bridgehead atoms. The van der Waals surface area contributed by atoms with Gasteiger partial charge in [0.2, 0.25) is 5.88 Å². The standard InChI is InChI=1S/C14H16BrFN4O/c1-7(2)21-14-12(17)13(18-6-19-14)20-11-5-9(15)10(16)4-8(11)3/h4-7H,17H2,1-3H3,(H,18,19,20). The van der Waals surface area contributed by atoms with E-state index >= 15 is 0 Å². The molecule has 0 spiro atoms. The normalized spacial score (nSPS) is 10.8. The Kier molecular flexibility index (Phi) is 4.62. The molecule has 7 heteroatoms. The van der Waals surface area contributed by atoms with Gasteiger partial charge in [-0.05, 0) is 54.4 Å². The van der Waals surface area contributed by atoms with Crippen LogP contribution in [0.25, 0.3) is 0 Å². The number of ether oxygens (including phenoxy) is 1. The highest BCUT2D eigenvalue weighted by molar-refractivity contribution is 9.10. The van der Waals surface area contributed by atoms with Gasteiger partial charge in [-0.3, -0.25) is 0 Å². The molecule has 1 aromatic heterocycles. The lowest BCUT2D eigenvalue weighted by Crippen LogP contribution is -2.11. The van der Waals surface area contributed by atoms with E-state index in [2.05, 4.69) is 31.2 Å². The van der Waals surface area contributed by atoms with Crippen LogP contribution in [-0.2, 0) is 0 Å². The van der Waals surface area contributed by atoms with Crippen molar-refractivity contribution in [3.63, 3.8) is 0 Å². The number of aromatic nitrogens is 2. The van der Waals surface area contributed by atoms with Crippen molar-refractivity contribution in [3.8, 4) is 5.88 Å². The molecule has 0 fully saturated rings. The smallest absolute Gasteiger partial charge is 0.242 e. The Morgan fingerprint density at radius 1 is 1.33 bits per heavy atom. The second-order valence-electron chi connectivity index (χ2n) is 4.81. The van der Waals surface area contributed by atoms with E-state index in [1.54, 1.807) is 13.0 Å². The van der Waals surface area contributed by atoms with Crippen molar-refractivity contribution in [1.82, 2.24) is 9.97 Å². The first-order valence-corrected chi connectivity index (χ1v) is 7.17. The average molecular weight is 355 g/mol. The zero-order valence-corrected chi connectivity index (χ0v) is 13.5. The van der Waals surface area contributed by atoms with Gasteiger partial charge in [-0.1, -0.05) is 0 Å². The molecular weight excluding hydrogens is 339 g/mol. The number of nitrogens with zero attached hydrogens (tertiary/aromatic N) is 2. The number of rotatable bonds is 4. The second-order valence-corrected chi connectivity index (χ2v) is 5.67. The van der Waals surface area contributed by atoms with Crippen LogP contribution >= 0.6 is 15.9 Å². The fourth-order valence-corrected chi connectivity index (χ4v) is 2.05. The molecule has 21 heavy (non-hydrogen) atoms. The van der Waals surface area contributed by atoms with E-state index in [1.807, 2.05) is 13.8 Å². The van der Waals surface area contributed by atoms with E-state index in [0.717, 1.165) is 5.56 Å². The Morgan fingerprint density at radius 2 is 2.05 bits per heavy atom. The summed E-state index contributed by atoms with van der Waals surface area (Å²) in [6, 6.07) is 3.06. The van der Waals surface area contributed by atoms with E-state index in [-0.39, 0.29) is 11.9 Å². The van der Waals surface area contributed by atoms with Crippen LogP contribution in [0.1, 0.15) is 19.4 Å². The van der Waals surface area contributed by atoms with Crippen LogP contribution in [0.15, 0.2) is 22.9 Å². The van der Waals surface area contributed by atoms with Crippen molar-refractivity contribution in [1.29, 1.82) is 0 Å². The summed E-state index contributed by atoms with van der Waals surface area (Å²) in [5.41, 5.74) is 7.74. The zero-order chi connectivity index (χ0) is 15.6. The van der Waals surface area contributed by atoms with E-state index in [4.69, 9.17) is 10.5 Å². The largest absolute Gasteiger partial charge is 0.473 e. The predicted molar refractivity (Wildman–Crippen MR) is 84.3 cm³/mol. The molecule has 2 rings (SSSR count). The van der Waals surface area contributed by atoms with Gasteiger partial charge in [0, 0.05) is 5.69 Å². The van der Waals surface area contributed by atoms with Gasteiger partial charge in [0.25, 0.3) is 0 Å². The van der Waals surface area contributed by atoms with Crippen LogP contribution in [0, 0.1) is 12.7 Å². The number of nitrogens with one attached hydrogen (secondary N) is 1. The quantitative estimate of drug-likeness (QED) is 0.873. The molecule has 0 saturated heterocycles. The molecule has 0 aliphatic heterocycles. The third-order valence-electron chi connectivity index (χ3n) is 2.72. The summed E-state index contributed by atoms with van der Waals surface area (Å²) < 4.78 is 19.3. The summed E-state index contributed by atoms with van der Waals surface area (Å²) in [7, 11) is 0. The predicted octanol–water partition coefficient (Wildman–Crippen LogP) is 3.80. The highest BCUT2D eigenvalue weighted by atomic mass is 79.9. The molecule has 1 heterocycles. The third-order valence-corrected chi connectivity index (χ3v) is 3.32. The van der Waals surface area contributed by atoms with Gasteiger partial charge in [-0.15, -0.1) is 0 Å². The van der Waals surface area contributed by atoms with Crippen LogP contribution in [0.2, 0.25) is 0 Å². The van der Waals surface area contributed by atoms with Crippen LogP contribution in [0.5, 0.6) is 5.88 Å². The molecule has 0 radical (unpaired) electrons. The first kappa shape index (κ1) is 15.5. The first-order chi connectivity index (χ1) is 9.88. The number of nitrogen functional groups attached to an aromatic ring is 1. The maximum Gasteiger partial charge on any atom is 0.242 e. The number of aryl methyl sites for hydroxylation is 1. The lowest BCUT2D eigenvalue weighted by molar-refractivity contribution is 0.234. The molecule has 0 unspecified atom stereocenters. The van der Waals surface area contributed by atoms with Gasteiger partial charge < -0.3 is 15.8 Å². The number of nitrogens with two attached hydrogens (primary N) is 1. The fourth-order valence-electron chi connectivity index (χ4n) is 1.70. The van der Waals surface area contributed by atoms with Crippen LogP contribution in [-0.4, -0.2) is 16.1 Å². The number of halogens is 2. The van der Waals surface area contributed by atoms with Gasteiger partial charge in [0.15, 0.2) is 5.82 Å². The summed E-state index contributed by atoms with van der Waals surface area (Å²) >= 11 is 3.16. The van der Waals surface area contributed by atoms with Gasteiger partial charge in [0.1, 0.15) is 17.8 Å². The monoisotopic (exact) mass is 354 g/mol. The van der Waals surface area contributed by atoms with Crippen molar-refractivity contribution in [2.75, 3.05) is 11.1 Å². The molecule has 0 aliphatic rings. The van der Waals surface area contributed by atoms with Gasteiger partial charge in [0.05, 0.1) is 10.6 Å². The Labute approximate surface area is 130 Å². The van der Waals surface area contributed by atoms with E-state index in [9.17, 15) is 4.39 Å². The molecular formula is C14H16BrFN4O. The van der Waals surface area contributed by atoms with Gasteiger partial charge in [-0.25, -0.2) is 9.37 Å². The van der Waals surface area contributed by atoms with Crippen LogP contribution in [0.4, 0.5) is 21.6 Å². The van der Waals surface area contributed by atoms with Gasteiger partial charge >= 0.3 is 0 Å². The molecule has 0 amide bonds. The SMILES string of the molecule is Cc1cc(F)c(Br)cc1Nc1ncnc(OC(C)C)c1N. The Bertz CT molecular complexity index is 664. The van der Waals surface area contributed by atoms with Crippen molar-refractivity contribution in [2.24, 2.45) is 0 Å². The number of hydrogen-bond donors (Lipinski definition) is 2. The summed E-state index contributed by atoms with van der Waals surface area (Å²) in [6.45, 7) is 5.56. The number of hydrogen-bond acceptors (Lipinski definition) is 5. The van der Waals surface area contributed by atoms with Crippen molar-refractivity contribution in [3.05, 3.63) is 34.3 Å². The zero-order valence-electron chi connectivity index (χ0n) is 11.9. The maximum atomic E-state index is 13.4. The van der Waals surface area contributed by atoms with Gasteiger partial charge in [-0.2, -0.15) is 4.98 Å². The molecule has 1 aromatic carbocycles. The molecule has 5 nitrogen and oxygen atoms in total. The lowest BCUT2D eigenvalue weighted by Gasteiger charge is -2.15. The van der Waals surface area contributed by atoms with Crippen molar-refractivity contribution in [2.45, 2.75) is 26.9 Å². The molecule has 0 aliphatic carbocycles. The minimum absolute atomic E-state index is 0.0447. The number of benzene rings is 1. The Morgan fingerprint density at radius 3 is 2.71 bits per heavy atom. The summed E-state index contributed by atoms with van der Waals surface area (Å²) in [4.78, 5) is 8.11. The van der Waals surface area contributed by atoms with Crippen LogP contribution in [0.3, 0.4) is 0 Å². The van der Waals surface area contributed by atoms with E-state index < -0.39 is 0 Å². The number of anilines is 3. The summed E-state index contributed by atoms with van der Waals surface area (Å²) in [6.07, 6.45) is 1.32. The summed E-state index contributed by atoms with van der Waals surface area (Å²) in [5, 5.41) is 3.07.